The maximum atomic E-state index is 12.0. The third-order valence-electron chi connectivity index (χ3n) is 6.48. The predicted octanol–water partition coefficient (Wildman–Crippen LogP) is 4.33. The van der Waals surface area contributed by atoms with Crippen molar-refractivity contribution < 1.29 is 19.0 Å². The van der Waals surface area contributed by atoms with E-state index in [1.165, 1.54) is 0 Å². The second kappa shape index (κ2) is 11.0. The number of aromatic nitrogens is 6. The van der Waals surface area contributed by atoms with Gasteiger partial charge in [0.25, 0.3) is 0 Å². The molecule has 0 unspecified atom stereocenters. The molecule has 1 aliphatic rings. The van der Waals surface area contributed by atoms with Crippen molar-refractivity contribution >= 4 is 34.7 Å². The molecule has 5 heterocycles. The van der Waals surface area contributed by atoms with Gasteiger partial charge in [0, 0.05) is 56.3 Å². The van der Waals surface area contributed by atoms with Gasteiger partial charge in [-0.25, -0.2) is 9.97 Å². The van der Waals surface area contributed by atoms with Gasteiger partial charge in [-0.2, -0.15) is 10.1 Å². The maximum Gasteiger partial charge on any atom is 0.227 e. The van der Waals surface area contributed by atoms with Gasteiger partial charge in [0.2, 0.25) is 11.9 Å². The Hall–Kier alpha value is -4.03. The number of methoxy groups -OCH3 is 1. The van der Waals surface area contributed by atoms with Crippen LogP contribution < -0.4 is 15.4 Å². The molecule has 12 heteroatoms. The number of aryl methyl sites for hydroxylation is 1. The molecule has 1 amide bonds. The van der Waals surface area contributed by atoms with Crippen LogP contribution in [-0.2, 0) is 26.7 Å². The number of nitrogens with one attached hydrogen (secondary N) is 2. The normalized spacial score (nSPS) is 15.6. The molecule has 1 fully saturated rings. The number of anilines is 3. The fourth-order valence-electron chi connectivity index (χ4n) is 4.42. The molecule has 0 aliphatic carbocycles. The van der Waals surface area contributed by atoms with Crippen LogP contribution in [0, 0.1) is 0 Å². The van der Waals surface area contributed by atoms with Crippen LogP contribution in [0.2, 0.25) is 0 Å². The monoisotopic (exact) mass is 534 g/mol. The van der Waals surface area contributed by atoms with Crippen LogP contribution >= 0.6 is 0 Å². The third-order valence-corrected chi connectivity index (χ3v) is 6.48. The number of carbonyl (C=O) groups excluding carboxylic acids is 1. The van der Waals surface area contributed by atoms with Crippen molar-refractivity contribution in [1.29, 1.82) is 0 Å². The predicted molar refractivity (Wildman–Crippen MR) is 147 cm³/mol. The number of pyridine rings is 2. The van der Waals surface area contributed by atoms with E-state index in [1.807, 2.05) is 17.7 Å². The van der Waals surface area contributed by atoms with Crippen LogP contribution in [0.15, 0.2) is 36.7 Å². The van der Waals surface area contributed by atoms with Crippen LogP contribution in [0.25, 0.3) is 11.2 Å². The molecule has 4 aromatic heterocycles. The molecule has 0 bridgehead atoms. The zero-order valence-electron chi connectivity index (χ0n) is 22.9. The number of hydrogen-bond donors (Lipinski definition) is 2. The Morgan fingerprint density at radius 3 is 2.77 bits per heavy atom. The van der Waals surface area contributed by atoms with Crippen molar-refractivity contribution in [1.82, 2.24) is 29.3 Å². The maximum absolute atomic E-state index is 12.0. The van der Waals surface area contributed by atoms with Gasteiger partial charge in [0.1, 0.15) is 17.3 Å². The lowest BCUT2D eigenvalue weighted by molar-refractivity contribution is -0.117. The lowest BCUT2D eigenvalue weighted by Gasteiger charge is -2.22. The van der Waals surface area contributed by atoms with Crippen molar-refractivity contribution in [3.63, 3.8) is 0 Å². The smallest absolute Gasteiger partial charge is 0.227 e. The molecular weight excluding hydrogens is 500 g/mol. The Labute approximate surface area is 226 Å². The minimum Gasteiger partial charge on any atom is -0.455 e. The summed E-state index contributed by atoms with van der Waals surface area (Å²) in [7, 11) is 3.46. The summed E-state index contributed by atoms with van der Waals surface area (Å²) in [5.74, 6) is 2.60. The summed E-state index contributed by atoms with van der Waals surface area (Å²) in [5.41, 5.74) is 2.43. The first-order valence-corrected chi connectivity index (χ1v) is 12.9. The zero-order chi connectivity index (χ0) is 27.6. The SMILES string of the molecule is COCCC(=O)Nc1cc(Oc2cnc3nc(Nc4cc(C(C)(C)C)n([C@H]5CCOC5)n4)n(C)c3c2)ccn1. The van der Waals surface area contributed by atoms with Gasteiger partial charge in [0.05, 0.1) is 37.4 Å². The Bertz CT molecular complexity index is 1470. The van der Waals surface area contributed by atoms with Gasteiger partial charge in [0.15, 0.2) is 11.5 Å². The average Bonchev–Trinajstić information content (AvgIpc) is 3.63. The van der Waals surface area contributed by atoms with Crippen molar-refractivity contribution in [2.75, 3.05) is 37.6 Å². The number of ether oxygens (including phenoxy) is 3. The lowest BCUT2D eigenvalue weighted by atomic mass is 9.91. The topological polar surface area (TPSA) is 130 Å². The van der Waals surface area contributed by atoms with E-state index in [-0.39, 0.29) is 23.8 Å². The Balaban J connectivity index is 1.34. The molecule has 0 radical (unpaired) electrons. The number of imidazole rings is 1. The fraction of sp³-hybridized carbons (Fsp3) is 0.444. The number of amides is 1. The summed E-state index contributed by atoms with van der Waals surface area (Å²) < 4.78 is 20.6. The lowest BCUT2D eigenvalue weighted by Crippen LogP contribution is -2.22. The highest BCUT2D eigenvalue weighted by molar-refractivity contribution is 5.90. The highest BCUT2D eigenvalue weighted by Crippen LogP contribution is 2.32. The van der Waals surface area contributed by atoms with Crippen molar-refractivity contribution in [2.24, 2.45) is 7.05 Å². The Morgan fingerprint density at radius 2 is 2.03 bits per heavy atom. The zero-order valence-corrected chi connectivity index (χ0v) is 22.9. The fourth-order valence-corrected chi connectivity index (χ4v) is 4.42. The van der Waals surface area contributed by atoms with Crippen molar-refractivity contribution in [3.05, 3.63) is 42.4 Å². The molecule has 4 aromatic rings. The van der Waals surface area contributed by atoms with Gasteiger partial charge in [-0.05, 0) is 12.5 Å². The van der Waals surface area contributed by atoms with Crippen molar-refractivity contribution in [3.8, 4) is 11.5 Å². The van der Waals surface area contributed by atoms with Crippen LogP contribution in [0.5, 0.6) is 11.5 Å². The van der Waals surface area contributed by atoms with Gasteiger partial charge in [-0.3, -0.25) is 9.48 Å². The molecule has 1 atom stereocenters. The summed E-state index contributed by atoms with van der Waals surface area (Å²) in [4.78, 5) is 25.3. The van der Waals surface area contributed by atoms with Crippen LogP contribution in [0.3, 0.4) is 0 Å². The summed E-state index contributed by atoms with van der Waals surface area (Å²) in [6, 6.07) is 7.54. The van der Waals surface area contributed by atoms with E-state index in [0.29, 0.717) is 42.1 Å². The molecule has 12 nitrogen and oxygen atoms in total. The first-order chi connectivity index (χ1) is 18.7. The molecule has 0 aromatic carbocycles. The standard InChI is InChI=1S/C27H34N8O4/c1-27(2,3)21-14-23(33-35(21)17-7-11-38-16-17)31-26-32-25-20(34(26)4)12-19(15-29-25)39-18-6-9-28-22(13-18)30-24(36)8-10-37-5/h6,9,12-15,17H,7-8,10-11,16H2,1-5H3,(H,28,30,36)(H,29,31,32,33)/t17-/m0/s1. The summed E-state index contributed by atoms with van der Waals surface area (Å²) >= 11 is 0. The van der Waals surface area contributed by atoms with Gasteiger partial charge < -0.3 is 29.4 Å². The van der Waals surface area contributed by atoms with Gasteiger partial charge >= 0.3 is 0 Å². The summed E-state index contributed by atoms with van der Waals surface area (Å²) in [5, 5.41) is 11.0. The van der Waals surface area contributed by atoms with E-state index in [0.717, 1.165) is 30.1 Å². The number of nitrogens with zero attached hydrogens (tertiary/aromatic N) is 6. The molecule has 5 rings (SSSR count). The second-order valence-corrected chi connectivity index (χ2v) is 10.5. The van der Waals surface area contributed by atoms with Crippen LogP contribution in [-0.4, -0.2) is 62.1 Å². The Morgan fingerprint density at radius 1 is 1.18 bits per heavy atom. The summed E-state index contributed by atoms with van der Waals surface area (Å²) in [6.45, 7) is 8.30. The third kappa shape index (κ3) is 6.02. The molecule has 206 valence electrons. The minimum absolute atomic E-state index is 0.0742. The van der Waals surface area contributed by atoms with E-state index in [2.05, 4.69) is 57.1 Å². The summed E-state index contributed by atoms with van der Waals surface area (Å²) in [6.07, 6.45) is 4.38. The second-order valence-electron chi connectivity index (χ2n) is 10.5. The highest BCUT2D eigenvalue weighted by Gasteiger charge is 2.28. The minimum atomic E-state index is -0.185. The van der Waals surface area contributed by atoms with E-state index >= 15 is 0 Å². The van der Waals surface area contributed by atoms with Gasteiger partial charge in [-0.15, -0.1) is 0 Å². The van der Waals surface area contributed by atoms with E-state index < -0.39 is 0 Å². The van der Waals surface area contributed by atoms with Crippen molar-refractivity contribution in [2.45, 2.75) is 45.1 Å². The highest BCUT2D eigenvalue weighted by atomic mass is 16.5. The molecule has 0 spiro atoms. The number of carbonyl (C=O) groups is 1. The van der Waals surface area contributed by atoms with E-state index in [1.54, 1.807) is 31.6 Å². The first kappa shape index (κ1) is 26.6. The largest absolute Gasteiger partial charge is 0.455 e. The molecule has 1 aliphatic heterocycles. The molecule has 39 heavy (non-hydrogen) atoms. The molecular formula is C27H34N8O4. The average molecular weight is 535 g/mol. The van der Waals surface area contributed by atoms with E-state index in [4.69, 9.17) is 19.3 Å². The van der Waals surface area contributed by atoms with Gasteiger partial charge in [-0.1, -0.05) is 20.8 Å². The molecule has 0 saturated carbocycles. The quantitative estimate of drug-likeness (QED) is 0.322. The molecule has 1 saturated heterocycles. The van der Waals surface area contributed by atoms with E-state index in [9.17, 15) is 4.79 Å². The number of fused-ring (bicyclic) bond motifs is 1. The van der Waals surface area contributed by atoms with Crippen LogP contribution in [0.4, 0.5) is 17.6 Å². The van der Waals surface area contributed by atoms with Crippen LogP contribution in [0.1, 0.15) is 45.3 Å². The number of rotatable bonds is 9. The number of hydrogen-bond acceptors (Lipinski definition) is 9. The Kier molecular flexibility index (Phi) is 7.49. The first-order valence-electron chi connectivity index (χ1n) is 12.9. The molecule has 2 N–H and O–H groups in total.